The summed E-state index contributed by atoms with van der Waals surface area (Å²) in [5, 5.41) is 3.47. The fourth-order valence-corrected chi connectivity index (χ4v) is 1.37. The molecule has 1 aromatic carbocycles. The topological polar surface area (TPSA) is 47.6 Å². The van der Waals surface area contributed by atoms with Gasteiger partial charge in [-0.1, -0.05) is 0 Å². The van der Waals surface area contributed by atoms with Crippen molar-refractivity contribution >= 4 is 6.21 Å². The molecule has 0 saturated carbocycles. The van der Waals surface area contributed by atoms with E-state index in [1.54, 1.807) is 6.21 Å². The van der Waals surface area contributed by atoms with Gasteiger partial charge in [-0.15, -0.1) is 0 Å². The third kappa shape index (κ3) is 1.13. The lowest BCUT2D eigenvalue weighted by atomic mass is 10.1. The molecular formula is C9H10N2O. The van der Waals surface area contributed by atoms with Gasteiger partial charge in [0.15, 0.2) is 0 Å². The second-order valence-electron chi connectivity index (χ2n) is 2.74. The van der Waals surface area contributed by atoms with Crippen LogP contribution in [0.25, 0.3) is 0 Å². The Bertz CT molecular complexity index is 320. The highest BCUT2D eigenvalue weighted by molar-refractivity contribution is 5.80. The van der Waals surface area contributed by atoms with Crippen LogP contribution in [0.15, 0.2) is 23.3 Å². The molecule has 0 fully saturated rings. The highest BCUT2D eigenvalue weighted by atomic mass is 16.5. The van der Waals surface area contributed by atoms with Gasteiger partial charge in [-0.05, 0) is 29.3 Å². The predicted octanol–water partition coefficient (Wildman–Crippen LogP) is 0.914. The number of ether oxygens (including phenoxy) is 1. The highest BCUT2D eigenvalue weighted by Gasteiger charge is 2.10. The number of hydrogen-bond acceptors (Lipinski definition) is 3. The molecule has 1 aromatic rings. The largest absolute Gasteiger partial charge is 0.493 e. The summed E-state index contributed by atoms with van der Waals surface area (Å²) in [5.74, 6) is 6.03. The van der Waals surface area contributed by atoms with Crippen LogP contribution in [0, 0.1) is 0 Å². The first-order chi connectivity index (χ1) is 5.90. The molecular weight excluding hydrogens is 152 g/mol. The first-order valence-electron chi connectivity index (χ1n) is 3.89. The lowest BCUT2D eigenvalue weighted by Crippen LogP contribution is -1.87. The first kappa shape index (κ1) is 7.16. The molecule has 2 N–H and O–H groups in total. The van der Waals surface area contributed by atoms with Gasteiger partial charge in [-0.2, -0.15) is 5.10 Å². The maximum Gasteiger partial charge on any atom is 0.122 e. The van der Waals surface area contributed by atoms with Gasteiger partial charge in [0.1, 0.15) is 5.75 Å². The molecule has 1 aliphatic rings. The van der Waals surface area contributed by atoms with Crippen molar-refractivity contribution in [1.29, 1.82) is 0 Å². The van der Waals surface area contributed by atoms with Gasteiger partial charge in [-0.25, -0.2) is 0 Å². The van der Waals surface area contributed by atoms with Crippen molar-refractivity contribution in [2.24, 2.45) is 10.9 Å². The van der Waals surface area contributed by atoms with Gasteiger partial charge < -0.3 is 10.6 Å². The molecule has 3 heteroatoms. The summed E-state index contributed by atoms with van der Waals surface area (Å²) in [5.41, 5.74) is 2.27. The van der Waals surface area contributed by atoms with Gasteiger partial charge in [0.05, 0.1) is 12.8 Å². The minimum Gasteiger partial charge on any atom is -0.493 e. The van der Waals surface area contributed by atoms with Crippen molar-refractivity contribution in [3.63, 3.8) is 0 Å². The maximum atomic E-state index is 5.36. The van der Waals surface area contributed by atoms with Crippen LogP contribution < -0.4 is 10.6 Å². The second-order valence-corrected chi connectivity index (χ2v) is 2.74. The van der Waals surface area contributed by atoms with Crippen molar-refractivity contribution in [1.82, 2.24) is 0 Å². The van der Waals surface area contributed by atoms with Crippen LogP contribution in [0.4, 0.5) is 0 Å². The minimum atomic E-state index is 0.790. The quantitative estimate of drug-likeness (QED) is 0.379. The molecule has 0 aromatic heterocycles. The van der Waals surface area contributed by atoms with Gasteiger partial charge in [0.25, 0.3) is 0 Å². The number of hydrogen-bond donors (Lipinski definition) is 1. The number of nitrogens with two attached hydrogens (primary N) is 1. The molecule has 0 saturated heterocycles. The van der Waals surface area contributed by atoms with Crippen LogP contribution in [-0.2, 0) is 6.42 Å². The van der Waals surface area contributed by atoms with E-state index in [9.17, 15) is 0 Å². The summed E-state index contributed by atoms with van der Waals surface area (Å²) in [6.45, 7) is 0.790. The van der Waals surface area contributed by atoms with Crippen molar-refractivity contribution in [2.75, 3.05) is 6.61 Å². The molecule has 0 amide bonds. The van der Waals surface area contributed by atoms with Crippen LogP contribution in [0.2, 0.25) is 0 Å². The lowest BCUT2D eigenvalue weighted by molar-refractivity contribution is 0.357. The van der Waals surface area contributed by atoms with E-state index < -0.39 is 0 Å². The Morgan fingerprint density at radius 2 is 2.42 bits per heavy atom. The normalized spacial score (nSPS) is 14.7. The van der Waals surface area contributed by atoms with E-state index in [1.165, 1.54) is 5.56 Å². The molecule has 0 aliphatic carbocycles. The van der Waals surface area contributed by atoms with Gasteiger partial charge >= 0.3 is 0 Å². The molecule has 0 unspecified atom stereocenters. The van der Waals surface area contributed by atoms with Crippen molar-refractivity contribution < 1.29 is 4.74 Å². The van der Waals surface area contributed by atoms with Crippen LogP contribution in [0.5, 0.6) is 5.75 Å². The monoisotopic (exact) mass is 162 g/mol. The fraction of sp³-hybridized carbons (Fsp3) is 0.222. The van der Waals surface area contributed by atoms with E-state index >= 15 is 0 Å². The van der Waals surface area contributed by atoms with Crippen LogP contribution in [0.3, 0.4) is 0 Å². The highest BCUT2D eigenvalue weighted by Crippen LogP contribution is 2.25. The third-order valence-electron chi connectivity index (χ3n) is 1.94. The van der Waals surface area contributed by atoms with Crippen molar-refractivity contribution in [3.8, 4) is 5.75 Å². The summed E-state index contributed by atoms with van der Waals surface area (Å²) < 4.78 is 5.36. The Hall–Kier alpha value is -1.51. The molecule has 62 valence electrons. The Morgan fingerprint density at radius 1 is 1.50 bits per heavy atom. The molecule has 0 spiro atoms. The van der Waals surface area contributed by atoms with Crippen molar-refractivity contribution in [3.05, 3.63) is 29.3 Å². The molecule has 1 heterocycles. The lowest BCUT2D eigenvalue weighted by Gasteiger charge is -1.98. The number of hydrazone groups is 1. The van der Waals surface area contributed by atoms with Crippen LogP contribution >= 0.6 is 0 Å². The Morgan fingerprint density at radius 3 is 3.25 bits per heavy atom. The number of rotatable bonds is 1. The summed E-state index contributed by atoms with van der Waals surface area (Å²) in [6, 6.07) is 5.96. The maximum absolute atomic E-state index is 5.36. The van der Waals surface area contributed by atoms with Gasteiger partial charge in [0, 0.05) is 6.42 Å². The van der Waals surface area contributed by atoms with E-state index in [2.05, 4.69) is 11.2 Å². The van der Waals surface area contributed by atoms with Gasteiger partial charge in [0.2, 0.25) is 0 Å². The summed E-state index contributed by atoms with van der Waals surface area (Å²) in [4.78, 5) is 0. The molecule has 0 radical (unpaired) electrons. The van der Waals surface area contributed by atoms with Crippen molar-refractivity contribution in [2.45, 2.75) is 6.42 Å². The summed E-state index contributed by atoms with van der Waals surface area (Å²) in [7, 11) is 0. The fourth-order valence-electron chi connectivity index (χ4n) is 1.37. The zero-order valence-electron chi connectivity index (χ0n) is 6.66. The standard InChI is InChI=1S/C9H10N2O/c10-11-6-7-1-2-9-8(5-7)3-4-12-9/h1-2,5-6H,3-4,10H2/b11-6+. The van der Waals surface area contributed by atoms with E-state index in [0.29, 0.717) is 0 Å². The third-order valence-corrected chi connectivity index (χ3v) is 1.94. The number of nitrogens with zero attached hydrogens (tertiary/aromatic N) is 1. The van der Waals surface area contributed by atoms with E-state index in [0.717, 1.165) is 24.3 Å². The van der Waals surface area contributed by atoms with E-state index in [4.69, 9.17) is 10.6 Å². The van der Waals surface area contributed by atoms with E-state index in [-0.39, 0.29) is 0 Å². The molecule has 12 heavy (non-hydrogen) atoms. The average Bonchev–Trinajstić information content (AvgIpc) is 2.51. The summed E-state index contributed by atoms with van der Waals surface area (Å²) in [6.07, 6.45) is 2.63. The van der Waals surface area contributed by atoms with E-state index in [1.807, 2.05) is 12.1 Å². The SMILES string of the molecule is N/N=C/c1ccc2c(c1)CCO2. The molecule has 0 bridgehead atoms. The van der Waals surface area contributed by atoms with Crippen LogP contribution in [-0.4, -0.2) is 12.8 Å². The predicted molar refractivity (Wildman–Crippen MR) is 47.4 cm³/mol. The zero-order valence-corrected chi connectivity index (χ0v) is 6.66. The average molecular weight is 162 g/mol. The number of benzene rings is 1. The molecule has 3 nitrogen and oxygen atoms in total. The van der Waals surface area contributed by atoms with Gasteiger partial charge in [-0.3, -0.25) is 0 Å². The smallest absolute Gasteiger partial charge is 0.122 e. The Kier molecular flexibility index (Phi) is 1.70. The van der Waals surface area contributed by atoms with Crippen LogP contribution in [0.1, 0.15) is 11.1 Å². The molecule has 1 aliphatic heterocycles. The Labute approximate surface area is 70.8 Å². The molecule has 0 atom stereocenters. The number of fused-ring (bicyclic) bond motifs is 1. The Balaban J connectivity index is 2.38. The zero-order chi connectivity index (χ0) is 8.39. The first-order valence-corrected chi connectivity index (χ1v) is 3.89. The second kappa shape index (κ2) is 2.85. The minimum absolute atomic E-state index is 0.790. The molecule has 2 rings (SSSR count). The summed E-state index contributed by atoms with van der Waals surface area (Å²) >= 11 is 0.